The number of rotatable bonds is 9. The fraction of sp³-hybridized carbons (Fsp3) is 0.211. The molecular formula is C19H19N3O5S. The van der Waals surface area contributed by atoms with E-state index in [0.717, 1.165) is 10.6 Å². The van der Waals surface area contributed by atoms with Gasteiger partial charge in [0.05, 0.1) is 37.5 Å². The molecule has 0 radical (unpaired) electrons. The molecule has 0 unspecified atom stereocenters. The summed E-state index contributed by atoms with van der Waals surface area (Å²) in [7, 11) is 1.43. The Morgan fingerprint density at radius 1 is 1.29 bits per heavy atom. The molecule has 3 aromatic rings. The molecule has 1 amide bonds. The van der Waals surface area contributed by atoms with Gasteiger partial charge in [-0.15, -0.1) is 11.3 Å². The van der Waals surface area contributed by atoms with Crippen molar-refractivity contribution < 1.29 is 18.9 Å². The van der Waals surface area contributed by atoms with Crippen molar-refractivity contribution in [1.29, 1.82) is 0 Å². The maximum absolute atomic E-state index is 12.6. The smallest absolute Gasteiger partial charge is 0.296 e. The predicted octanol–water partition coefficient (Wildman–Crippen LogP) is 3.90. The first-order valence-electron chi connectivity index (χ1n) is 8.44. The second-order valence-corrected chi connectivity index (χ2v) is 7.02. The minimum atomic E-state index is -0.551. The van der Waals surface area contributed by atoms with Crippen LogP contribution >= 0.6 is 11.3 Å². The summed E-state index contributed by atoms with van der Waals surface area (Å²) in [4.78, 5) is 26.3. The summed E-state index contributed by atoms with van der Waals surface area (Å²) in [6.45, 7) is 1.07. The summed E-state index contributed by atoms with van der Waals surface area (Å²) >= 11 is 1.60. The fourth-order valence-corrected chi connectivity index (χ4v) is 3.45. The van der Waals surface area contributed by atoms with Crippen molar-refractivity contribution in [3.8, 4) is 5.75 Å². The number of ether oxygens (including phenoxy) is 1. The van der Waals surface area contributed by atoms with Gasteiger partial charge >= 0.3 is 0 Å². The molecule has 2 aromatic heterocycles. The van der Waals surface area contributed by atoms with Crippen LogP contribution in [-0.2, 0) is 17.9 Å². The lowest BCUT2D eigenvalue weighted by atomic mass is 10.2. The number of nitrogens with zero attached hydrogens (tertiary/aromatic N) is 2. The normalized spacial score (nSPS) is 10.8. The molecule has 0 saturated heterocycles. The molecule has 0 saturated carbocycles. The molecule has 0 atom stereocenters. The van der Waals surface area contributed by atoms with Gasteiger partial charge in [-0.3, -0.25) is 19.8 Å². The van der Waals surface area contributed by atoms with Crippen LogP contribution in [0.4, 0.5) is 11.4 Å². The van der Waals surface area contributed by atoms with Gasteiger partial charge in [0.1, 0.15) is 17.2 Å². The van der Waals surface area contributed by atoms with Crippen molar-refractivity contribution in [2.45, 2.75) is 13.1 Å². The average Bonchev–Trinajstić information content (AvgIpc) is 3.36. The number of nitro benzene ring substituents is 1. The van der Waals surface area contributed by atoms with Crippen molar-refractivity contribution in [2.24, 2.45) is 0 Å². The fourth-order valence-electron chi connectivity index (χ4n) is 2.70. The zero-order chi connectivity index (χ0) is 19.9. The van der Waals surface area contributed by atoms with Crippen molar-refractivity contribution in [1.82, 2.24) is 4.90 Å². The van der Waals surface area contributed by atoms with Crippen molar-refractivity contribution >= 4 is 28.6 Å². The average molecular weight is 401 g/mol. The van der Waals surface area contributed by atoms with E-state index in [4.69, 9.17) is 9.15 Å². The van der Waals surface area contributed by atoms with E-state index in [1.54, 1.807) is 29.7 Å². The number of thiophene rings is 1. The molecule has 1 aromatic carbocycles. The molecule has 1 N–H and O–H groups in total. The number of hydrogen-bond donors (Lipinski definition) is 1. The maximum atomic E-state index is 12.6. The van der Waals surface area contributed by atoms with Crippen LogP contribution in [-0.4, -0.2) is 29.4 Å². The number of nitrogens with one attached hydrogen (secondary N) is 1. The van der Waals surface area contributed by atoms with Crippen LogP contribution in [0.5, 0.6) is 5.75 Å². The number of methoxy groups -OCH3 is 1. The molecule has 0 aliphatic rings. The van der Waals surface area contributed by atoms with Crippen LogP contribution in [0.15, 0.2) is 58.5 Å². The Hall–Kier alpha value is -3.17. The Labute approximate surface area is 165 Å². The van der Waals surface area contributed by atoms with Crippen molar-refractivity contribution in [3.05, 3.63) is 74.9 Å². The summed E-state index contributed by atoms with van der Waals surface area (Å²) in [5.41, 5.74) is -0.0894. The lowest BCUT2D eigenvalue weighted by Crippen LogP contribution is -2.32. The summed E-state index contributed by atoms with van der Waals surface area (Å²) in [5, 5.41) is 15.9. The zero-order valence-corrected chi connectivity index (χ0v) is 16.0. The van der Waals surface area contributed by atoms with Gasteiger partial charge in [-0.05, 0) is 35.7 Å². The van der Waals surface area contributed by atoms with E-state index in [0.29, 0.717) is 18.8 Å². The van der Waals surface area contributed by atoms with Gasteiger partial charge in [-0.2, -0.15) is 0 Å². The van der Waals surface area contributed by atoms with E-state index >= 15 is 0 Å². The predicted molar refractivity (Wildman–Crippen MR) is 105 cm³/mol. The summed E-state index contributed by atoms with van der Waals surface area (Å²) in [6.07, 6.45) is 1.58. The van der Waals surface area contributed by atoms with Crippen LogP contribution in [0.3, 0.4) is 0 Å². The molecule has 8 nitrogen and oxygen atoms in total. The molecule has 0 spiro atoms. The molecule has 2 heterocycles. The number of benzene rings is 1. The van der Waals surface area contributed by atoms with E-state index in [1.807, 2.05) is 28.5 Å². The molecule has 0 aliphatic carbocycles. The Bertz CT molecular complexity index is 889. The first kappa shape index (κ1) is 19.6. The van der Waals surface area contributed by atoms with Gasteiger partial charge in [0.15, 0.2) is 0 Å². The second-order valence-electron chi connectivity index (χ2n) is 5.99. The van der Waals surface area contributed by atoms with Gasteiger partial charge in [0.25, 0.3) is 5.69 Å². The highest BCUT2D eigenvalue weighted by atomic mass is 32.1. The van der Waals surface area contributed by atoms with Crippen LogP contribution < -0.4 is 10.1 Å². The van der Waals surface area contributed by atoms with E-state index in [-0.39, 0.29) is 23.8 Å². The van der Waals surface area contributed by atoms with E-state index < -0.39 is 4.92 Å². The quantitative estimate of drug-likeness (QED) is 0.431. The van der Waals surface area contributed by atoms with Crippen LogP contribution in [0, 0.1) is 10.1 Å². The number of anilines is 1. The molecule has 0 fully saturated rings. The second kappa shape index (κ2) is 9.16. The highest BCUT2D eigenvalue weighted by Crippen LogP contribution is 2.29. The molecule has 28 heavy (non-hydrogen) atoms. The highest BCUT2D eigenvalue weighted by Gasteiger charge is 2.19. The Morgan fingerprint density at radius 3 is 2.79 bits per heavy atom. The first-order chi connectivity index (χ1) is 13.5. The van der Waals surface area contributed by atoms with Crippen LogP contribution in [0.1, 0.15) is 10.6 Å². The summed E-state index contributed by atoms with van der Waals surface area (Å²) < 4.78 is 10.4. The molecule has 146 valence electrons. The van der Waals surface area contributed by atoms with Crippen LogP contribution in [0.25, 0.3) is 0 Å². The number of carbonyl (C=O) groups is 1. The third-order valence-electron chi connectivity index (χ3n) is 3.96. The topological polar surface area (TPSA) is 97.8 Å². The molecule has 3 rings (SSSR count). The zero-order valence-electron chi connectivity index (χ0n) is 15.2. The third-order valence-corrected chi connectivity index (χ3v) is 4.82. The van der Waals surface area contributed by atoms with Gasteiger partial charge in [0.2, 0.25) is 5.91 Å². The standard InChI is InChI=1S/C19H19N3O5S/c1-26-14-6-7-17(18(10-14)22(24)25)20-19(23)13-21(11-15-4-2-8-27-15)12-16-5-3-9-28-16/h2-10H,11-13H2,1H3,(H,20,23). The van der Waals surface area contributed by atoms with E-state index in [2.05, 4.69) is 5.32 Å². The number of hydrogen-bond acceptors (Lipinski definition) is 7. The van der Waals surface area contributed by atoms with Crippen LogP contribution in [0.2, 0.25) is 0 Å². The van der Waals surface area contributed by atoms with Gasteiger partial charge < -0.3 is 14.5 Å². The third kappa shape index (κ3) is 5.18. The Kier molecular flexibility index (Phi) is 6.41. The lowest BCUT2D eigenvalue weighted by Gasteiger charge is -2.20. The number of carbonyl (C=O) groups excluding carboxylic acids is 1. The number of nitro groups is 1. The van der Waals surface area contributed by atoms with Crippen molar-refractivity contribution in [2.75, 3.05) is 19.0 Å². The van der Waals surface area contributed by atoms with Gasteiger partial charge in [-0.25, -0.2) is 0 Å². The minimum absolute atomic E-state index is 0.0573. The Morgan fingerprint density at radius 2 is 2.14 bits per heavy atom. The molecular weight excluding hydrogens is 382 g/mol. The molecule has 9 heteroatoms. The van der Waals surface area contributed by atoms with Gasteiger partial charge in [-0.1, -0.05) is 6.07 Å². The molecule has 0 bridgehead atoms. The summed E-state index contributed by atoms with van der Waals surface area (Å²) in [6, 6.07) is 11.9. The van der Waals surface area contributed by atoms with E-state index in [9.17, 15) is 14.9 Å². The monoisotopic (exact) mass is 401 g/mol. The molecule has 0 aliphatic heterocycles. The largest absolute Gasteiger partial charge is 0.496 e. The lowest BCUT2D eigenvalue weighted by molar-refractivity contribution is -0.384. The first-order valence-corrected chi connectivity index (χ1v) is 9.32. The number of amides is 1. The van der Waals surface area contributed by atoms with E-state index in [1.165, 1.54) is 19.2 Å². The SMILES string of the molecule is COc1ccc(NC(=O)CN(Cc2ccco2)Cc2cccs2)c([N+](=O)[O-])c1. The van der Waals surface area contributed by atoms with Gasteiger partial charge in [0, 0.05) is 11.4 Å². The number of furan rings is 1. The minimum Gasteiger partial charge on any atom is -0.496 e. The summed E-state index contributed by atoms with van der Waals surface area (Å²) in [5.74, 6) is 0.734. The van der Waals surface area contributed by atoms with Crippen molar-refractivity contribution in [3.63, 3.8) is 0 Å². The highest BCUT2D eigenvalue weighted by molar-refractivity contribution is 7.09. The Balaban J connectivity index is 1.72. The maximum Gasteiger partial charge on any atom is 0.296 e.